The van der Waals surface area contributed by atoms with Crippen LogP contribution in [0.25, 0.3) is 0 Å². The molecule has 1 saturated carbocycles. The van der Waals surface area contributed by atoms with E-state index >= 15 is 0 Å². The van der Waals surface area contributed by atoms with E-state index in [-0.39, 0.29) is 5.91 Å². The Morgan fingerprint density at radius 2 is 2.06 bits per heavy atom. The molecule has 1 heterocycles. The van der Waals surface area contributed by atoms with E-state index in [1.807, 2.05) is 6.92 Å². The second-order valence-corrected chi connectivity index (χ2v) is 5.65. The molecule has 1 unspecified atom stereocenters. The Morgan fingerprint density at radius 1 is 1.41 bits per heavy atom. The van der Waals surface area contributed by atoms with Gasteiger partial charge < -0.3 is 5.73 Å². The molecule has 17 heavy (non-hydrogen) atoms. The number of likely N-dealkylation sites (N-methyl/N-ethyl adjacent to an activating group) is 1. The number of hydrogen-bond acceptors (Lipinski definition) is 3. The van der Waals surface area contributed by atoms with Gasteiger partial charge in [0.05, 0.1) is 0 Å². The first kappa shape index (κ1) is 12.4. The van der Waals surface area contributed by atoms with Crippen molar-refractivity contribution in [3.8, 4) is 0 Å². The van der Waals surface area contributed by atoms with E-state index in [2.05, 4.69) is 4.99 Å². The van der Waals surface area contributed by atoms with E-state index in [4.69, 9.17) is 5.73 Å². The van der Waals surface area contributed by atoms with Gasteiger partial charge in [-0.1, -0.05) is 32.1 Å². The minimum Gasteiger partial charge on any atom is -0.369 e. The summed E-state index contributed by atoms with van der Waals surface area (Å²) in [6.07, 6.45) is 8.65. The van der Waals surface area contributed by atoms with Gasteiger partial charge in [0.15, 0.2) is 5.96 Å². The summed E-state index contributed by atoms with van der Waals surface area (Å²) in [5.41, 5.74) is 5.11. The molecule has 0 bridgehead atoms. The molecule has 1 aliphatic heterocycles. The Kier molecular flexibility index (Phi) is 3.40. The molecule has 4 heteroatoms. The fourth-order valence-electron chi connectivity index (χ4n) is 2.96. The number of amides is 1. The molecule has 0 aromatic carbocycles. The van der Waals surface area contributed by atoms with Crippen LogP contribution in [-0.2, 0) is 4.79 Å². The molecule has 1 aliphatic carbocycles. The molecule has 2 N–H and O–H groups in total. The first-order chi connectivity index (χ1) is 8.03. The van der Waals surface area contributed by atoms with Crippen LogP contribution >= 0.6 is 0 Å². The van der Waals surface area contributed by atoms with E-state index in [0.29, 0.717) is 5.96 Å². The zero-order valence-electron chi connectivity index (χ0n) is 10.9. The molecule has 0 aromatic heterocycles. The van der Waals surface area contributed by atoms with Crippen LogP contribution in [0.1, 0.15) is 51.9 Å². The molecule has 2 rings (SSSR count). The van der Waals surface area contributed by atoms with Crippen molar-refractivity contribution in [2.75, 3.05) is 7.05 Å². The van der Waals surface area contributed by atoms with Crippen molar-refractivity contribution < 1.29 is 4.79 Å². The van der Waals surface area contributed by atoms with Crippen LogP contribution < -0.4 is 5.73 Å². The van der Waals surface area contributed by atoms with Crippen LogP contribution in [0.5, 0.6) is 0 Å². The van der Waals surface area contributed by atoms with Crippen molar-refractivity contribution in [1.29, 1.82) is 0 Å². The maximum atomic E-state index is 12.0. The largest absolute Gasteiger partial charge is 0.369 e. The van der Waals surface area contributed by atoms with Crippen molar-refractivity contribution in [1.82, 2.24) is 4.90 Å². The third-order valence-electron chi connectivity index (χ3n) is 4.23. The maximum absolute atomic E-state index is 12.0. The average molecular weight is 237 g/mol. The van der Waals surface area contributed by atoms with Gasteiger partial charge in [0, 0.05) is 7.05 Å². The topological polar surface area (TPSA) is 58.7 Å². The highest BCUT2D eigenvalue weighted by Crippen LogP contribution is 2.32. The van der Waals surface area contributed by atoms with Gasteiger partial charge >= 0.3 is 0 Å². The zero-order valence-corrected chi connectivity index (χ0v) is 10.9. The van der Waals surface area contributed by atoms with Gasteiger partial charge in [0.1, 0.15) is 5.54 Å². The number of nitrogens with zero attached hydrogens (tertiary/aromatic N) is 2. The van der Waals surface area contributed by atoms with Gasteiger partial charge in [-0.3, -0.25) is 9.69 Å². The predicted molar refractivity (Wildman–Crippen MR) is 68.6 cm³/mol. The molecule has 4 nitrogen and oxygen atoms in total. The lowest BCUT2D eigenvalue weighted by Crippen LogP contribution is -2.40. The Morgan fingerprint density at radius 3 is 2.59 bits per heavy atom. The lowest BCUT2D eigenvalue weighted by molar-refractivity contribution is -0.130. The molecule has 0 spiro atoms. The Hall–Kier alpha value is -1.06. The number of carbonyl (C=O) groups excluding carboxylic acids is 1. The van der Waals surface area contributed by atoms with E-state index in [9.17, 15) is 4.79 Å². The summed E-state index contributed by atoms with van der Waals surface area (Å²) in [6.45, 7) is 1.91. The average Bonchev–Trinajstić information content (AvgIpc) is 2.53. The van der Waals surface area contributed by atoms with Gasteiger partial charge in [-0.2, -0.15) is 0 Å². The lowest BCUT2D eigenvalue weighted by Gasteiger charge is -2.25. The zero-order chi connectivity index (χ0) is 12.5. The van der Waals surface area contributed by atoms with Crippen LogP contribution in [0.15, 0.2) is 4.99 Å². The monoisotopic (exact) mass is 237 g/mol. The van der Waals surface area contributed by atoms with E-state index in [1.54, 1.807) is 7.05 Å². The number of carbonyl (C=O) groups is 1. The Balaban J connectivity index is 1.92. The molecule has 1 fully saturated rings. The van der Waals surface area contributed by atoms with Crippen molar-refractivity contribution in [3.05, 3.63) is 0 Å². The highest BCUT2D eigenvalue weighted by molar-refractivity contribution is 6.06. The molecule has 1 amide bonds. The minimum atomic E-state index is -0.601. The van der Waals surface area contributed by atoms with E-state index < -0.39 is 5.54 Å². The quantitative estimate of drug-likeness (QED) is 0.815. The van der Waals surface area contributed by atoms with Gasteiger partial charge in [-0.25, -0.2) is 4.99 Å². The van der Waals surface area contributed by atoms with Crippen LogP contribution in [0.4, 0.5) is 0 Å². The SMILES string of the molecule is CN1C(=O)C(C)(CCC2CCCCC2)N=C1N. The number of guanidine groups is 1. The first-order valence-electron chi connectivity index (χ1n) is 6.66. The predicted octanol–water partition coefficient (Wildman–Crippen LogP) is 1.89. The van der Waals surface area contributed by atoms with Gasteiger partial charge in [-0.15, -0.1) is 0 Å². The summed E-state index contributed by atoms with van der Waals surface area (Å²) in [7, 11) is 1.70. The van der Waals surface area contributed by atoms with Crippen molar-refractivity contribution >= 4 is 11.9 Å². The minimum absolute atomic E-state index is 0.0470. The standard InChI is InChI=1S/C13H23N3O/c1-13(11(17)16(2)12(14)15-13)9-8-10-6-4-3-5-7-10/h10H,3-9H2,1-2H3,(H2,14,15). The van der Waals surface area contributed by atoms with Crippen LogP contribution in [0.2, 0.25) is 0 Å². The molecule has 0 saturated heterocycles. The third-order valence-corrected chi connectivity index (χ3v) is 4.23. The molecule has 1 atom stereocenters. The molecule has 0 aromatic rings. The summed E-state index contributed by atoms with van der Waals surface area (Å²) in [5, 5.41) is 0. The van der Waals surface area contributed by atoms with Crippen molar-refractivity contribution in [3.63, 3.8) is 0 Å². The van der Waals surface area contributed by atoms with Crippen LogP contribution in [0.3, 0.4) is 0 Å². The second kappa shape index (κ2) is 4.67. The van der Waals surface area contributed by atoms with Gasteiger partial charge in [-0.05, 0) is 25.7 Å². The summed E-state index contributed by atoms with van der Waals surface area (Å²) in [4.78, 5) is 17.9. The fraction of sp³-hybridized carbons (Fsp3) is 0.846. The van der Waals surface area contributed by atoms with Gasteiger partial charge in [0.2, 0.25) is 0 Å². The maximum Gasteiger partial charge on any atom is 0.256 e. The normalized spacial score (nSPS) is 30.8. The summed E-state index contributed by atoms with van der Waals surface area (Å²) < 4.78 is 0. The molecule has 96 valence electrons. The Labute approximate surface area is 103 Å². The van der Waals surface area contributed by atoms with Crippen molar-refractivity contribution in [2.24, 2.45) is 16.6 Å². The molecular formula is C13H23N3O. The number of hydrogen-bond donors (Lipinski definition) is 1. The van der Waals surface area contributed by atoms with Crippen LogP contribution in [0, 0.1) is 5.92 Å². The summed E-state index contributed by atoms with van der Waals surface area (Å²) in [5.74, 6) is 1.20. The second-order valence-electron chi connectivity index (χ2n) is 5.65. The third kappa shape index (κ3) is 2.45. The number of aliphatic imine (C=N–C) groups is 1. The first-order valence-corrected chi connectivity index (χ1v) is 6.66. The highest BCUT2D eigenvalue weighted by atomic mass is 16.2. The molecule has 0 radical (unpaired) electrons. The molecule has 2 aliphatic rings. The Bertz CT molecular complexity index is 334. The lowest BCUT2D eigenvalue weighted by atomic mass is 9.82. The summed E-state index contributed by atoms with van der Waals surface area (Å²) in [6, 6.07) is 0. The molecular weight excluding hydrogens is 214 g/mol. The fourth-order valence-corrected chi connectivity index (χ4v) is 2.96. The number of nitrogens with two attached hydrogens (primary N) is 1. The van der Waals surface area contributed by atoms with Gasteiger partial charge in [0.25, 0.3) is 5.91 Å². The van der Waals surface area contributed by atoms with Crippen molar-refractivity contribution in [2.45, 2.75) is 57.4 Å². The highest BCUT2D eigenvalue weighted by Gasteiger charge is 2.42. The number of rotatable bonds is 3. The smallest absolute Gasteiger partial charge is 0.256 e. The van der Waals surface area contributed by atoms with E-state index in [0.717, 1.165) is 18.8 Å². The van der Waals surface area contributed by atoms with Crippen LogP contribution in [-0.4, -0.2) is 29.4 Å². The summed E-state index contributed by atoms with van der Waals surface area (Å²) >= 11 is 0. The van der Waals surface area contributed by atoms with E-state index in [1.165, 1.54) is 37.0 Å².